The molecule has 2 N–H and O–H groups in total. The quantitative estimate of drug-likeness (QED) is 0.906. The van der Waals surface area contributed by atoms with E-state index in [1.54, 1.807) is 25.2 Å². The standard InChI is InChI=1S/C11H14N2O3S2/c1-13(7-9-4-5-16-8-9)18(14,15)11-3-2-10(6-12)17-11/h2-5,8H,6-7,12H2,1H3. The van der Waals surface area contributed by atoms with E-state index in [0.29, 0.717) is 10.8 Å². The number of furan rings is 1. The van der Waals surface area contributed by atoms with Crippen molar-refractivity contribution >= 4 is 21.4 Å². The lowest BCUT2D eigenvalue weighted by atomic mass is 10.3. The largest absolute Gasteiger partial charge is 0.472 e. The maximum atomic E-state index is 12.3. The Morgan fingerprint density at radius 1 is 1.39 bits per heavy atom. The molecule has 18 heavy (non-hydrogen) atoms. The Morgan fingerprint density at radius 2 is 2.17 bits per heavy atom. The Hall–Kier alpha value is -1.15. The second kappa shape index (κ2) is 5.23. The first-order valence-corrected chi connectivity index (χ1v) is 7.56. The van der Waals surface area contributed by atoms with Crippen LogP contribution < -0.4 is 5.73 Å². The van der Waals surface area contributed by atoms with E-state index in [1.807, 2.05) is 0 Å². The van der Waals surface area contributed by atoms with Gasteiger partial charge in [0.25, 0.3) is 10.0 Å². The van der Waals surface area contributed by atoms with Crippen molar-refractivity contribution in [3.63, 3.8) is 0 Å². The molecular formula is C11H14N2O3S2. The molecule has 0 bridgehead atoms. The molecule has 5 nitrogen and oxygen atoms in total. The van der Waals surface area contributed by atoms with Gasteiger partial charge in [0.05, 0.1) is 12.5 Å². The predicted molar refractivity (Wildman–Crippen MR) is 69.6 cm³/mol. The molecule has 0 fully saturated rings. The first-order chi connectivity index (χ1) is 8.54. The molecule has 98 valence electrons. The van der Waals surface area contributed by atoms with Crippen molar-refractivity contribution < 1.29 is 12.8 Å². The number of sulfonamides is 1. The Balaban J connectivity index is 2.19. The third-order valence-electron chi connectivity index (χ3n) is 2.49. The van der Waals surface area contributed by atoms with Crippen molar-refractivity contribution in [2.45, 2.75) is 17.3 Å². The summed E-state index contributed by atoms with van der Waals surface area (Å²) < 4.78 is 31.0. The second-order valence-electron chi connectivity index (χ2n) is 3.82. The van der Waals surface area contributed by atoms with E-state index in [2.05, 4.69) is 0 Å². The molecule has 0 amide bonds. The van der Waals surface area contributed by atoms with Gasteiger partial charge in [-0.3, -0.25) is 0 Å². The summed E-state index contributed by atoms with van der Waals surface area (Å²) >= 11 is 1.20. The molecule has 7 heteroatoms. The molecule has 0 aliphatic rings. The summed E-state index contributed by atoms with van der Waals surface area (Å²) in [7, 11) is -1.90. The monoisotopic (exact) mass is 286 g/mol. The van der Waals surface area contributed by atoms with Gasteiger partial charge in [0.1, 0.15) is 4.21 Å². The lowest BCUT2D eigenvalue weighted by molar-refractivity contribution is 0.465. The van der Waals surface area contributed by atoms with E-state index < -0.39 is 10.0 Å². The topological polar surface area (TPSA) is 76.5 Å². The van der Waals surface area contributed by atoms with Crippen molar-refractivity contribution in [1.82, 2.24) is 4.31 Å². The normalized spacial score (nSPS) is 12.2. The van der Waals surface area contributed by atoms with Crippen LogP contribution in [0.5, 0.6) is 0 Å². The number of thiophene rings is 1. The molecule has 2 heterocycles. The molecule has 2 aromatic heterocycles. The van der Waals surface area contributed by atoms with Crippen LogP contribution in [-0.2, 0) is 23.1 Å². The fourth-order valence-electron chi connectivity index (χ4n) is 1.48. The number of rotatable bonds is 5. The van der Waals surface area contributed by atoms with Gasteiger partial charge in [-0.25, -0.2) is 8.42 Å². The van der Waals surface area contributed by atoms with Crippen LogP contribution in [0.3, 0.4) is 0 Å². The summed E-state index contributed by atoms with van der Waals surface area (Å²) in [5.41, 5.74) is 6.30. The first-order valence-electron chi connectivity index (χ1n) is 5.30. The summed E-state index contributed by atoms with van der Waals surface area (Å²) in [5.74, 6) is 0. The number of hydrogen-bond acceptors (Lipinski definition) is 5. The minimum absolute atomic E-state index is 0.286. The van der Waals surface area contributed by atoms with Crippen LogP contribution in [0.4, 0.5) is 0 Å². The number of nitrogens with two attached hydrogens (primary N) is 1. The molecule has 0 aromatic carbocycles. The molecule has 0 unspecified atom stereocenters. The average Bonchev–Trinajstić information content (AvgIpc) is 2.99. The molecule has 2 aromatic rings. The SMILES string of the molecule is CN(Cc1ccoc1)S(=O)(=O)c1ccc(CN)s1. The van der Waals surface area contributed by atoms with Crippen molar-refractivity contribution in [3.05, 3.63) is 41.2 Å². The van der Waals surface area contributed by atoms with Crippen LogP contribution in [0.2, 0.25) is 0 Å². The highest BCUT2D eigenvalue weighted by molar-refractivity contribution is 7.91. The van der Waals surface area contributed by atoms with Crippen LogP contribution >= 0.6 is 11.3 Å². The van der Waals surface area contributed by atoms with Gasteiger partial charge >= 0.3 is 0 Å². The summed E-state index contributed by atoms with van der Waals surface area (Å²) in [6.45, 7) is 0.639. The molecule has 0 saturated carbocycles. The molecule has 0 atom stereocenters. The van der Waals surface area contributed by atoms with E-state index in [0.717, 1.165) is 10.4 Å². The average molecular weight is 286 g/mol. The zero-order valence-electron chi connectivity index (χ0n) is 9.87. The van der Waals surface area contributed by atoms with Gasteiger partial charge in [-0.05, 0) is 18.2 Å². The predicted octanol–water partition coefficient (Wildman–Crippen LogP) is 1.62. The van der Waals surface area contributed by atoms with Gasteiger partial charge in [0, 0.05) is 30.6 Å². The summed E-state index contributed by atoms with van der Waals surface area (Å²) in [6, 6.07) is 5.07. The van der Waals surface area contributed by atoms with Crippen molar-refractivity contribution in [2.75, 3.05) is 7.05 Å². The minimum atomic E-state index is -3.45. The fraction of sp³-hybridized carbons (Fsp3) is 0.273. The minimum Gasteiger partial charge on any atom is -0.472 e. The van der Waals surface area contributed by atoms with Crippen LogP contribution in [0, 0.1) is 0 Å². The van der Waals surface area contributed by atoms with Gasteiger partial charge in [0.2, 0.25) is 0 Å². The smallest absolute Gasteiger partial charge is 0.252 e. The van der Waals surface area contributed by atoms with Gasteiger partial charge in [0.15, 0.2) is 0 Å². The highest BCUT2D eigenvalue weighted by Crippen LogP contribution is 2.24. The van der Waals surface area contributed by atoms with Crippen molar-refractivity contribution in [1.29, 1.82) is 0 Å². The maximum Gasteiger partial charge on any atom is 0.252 e. The zero-order valence-corrected chi connectivity index (χ0v) is 11.5. The Kier molecular flexibility index (Phi) is 3.86. The zero-order chi connectivity index (χ0) is 13.2. The molecular weight excluding hydrogens is 272 g/mol. The summed E-state index contributed by atoms with van der Waals surface area (Å²) in [4.78, 5) is 0.852. The summed E-state index contributed by atoms with van der Waals surface area (Å²) in [6.07, 6.45) is 3.05. The highest BCUT2D eigenvalue weighted by Gasteiger charge is 2.23. The van der Waals surface area contributed by atoms with Gasteiger partial charge in [-0.2, -0.15) is 4.31 Å². The van der Waals surface area contributed by atoms with E-state index in [4.69, 9.17) is 10.2 Å². The Morgan fingerprint density at radius 3 is 2.72 bits per heavy atom. The molecule has 0 spiro atoms. The first kappa shape index (κ1) is 13.3. The van der Waals surface area contributed by atoms with Gasteiger partial charge in [-0.1, -0.05) is 0 Å². The van der Waals surface area contributed by atoms with E-state index in [1.165, 1.54) is 28.2 Å². The van der Waals surface area contributed by atoms with Crippen LogP contribution in [0.15, 0.2) is 39.4 Å². The van der Waals surface area contributed by atoms with Crippen molar-refractivity contribution in [2.24, 2.45) is 5.73 Å². The lowest BCUT2D eigenvalue weighted by Crippen LogP contribution is -2.25. The fourth-order valence-corrected chi connectivity index (χ4v) is 4.09. The van der Waals surface area contributed by atoms with Crippen LogP contribution in [0.1, 0.15) is 10.4 Å². The highest BCUT2D eigenvalue weighted by atomic mass is 32.2. The lowest BCUT2D eigenvalue weighted by Gasteiger charge is -2.14. The van der Waals surface area contributed by atoms with Gasteiger partial charge in [-0.15, -0.1) is 11.3 Å². The molecule has 0 aliphatic carbocycles. The summed E-state index contributed by atoms with van der Waals surface area (Å²) in [5, 5.41) is 0. The Labute approximate surface area is 110 Å². The molecule has 2 rings (SSSR count). The third kappa shape index (κ3) is 2.64. The van der Waals surface area contributed by atoms with Crippen LogP contribution in [-0.4, -0.2) is 19.8 Å². The second-order valence-corrected chi connectivity index (χ2v) is 7.26. The van der Waals surface area contributed by atoms with E-state index in [9.17, 15) is 8.42 Å². The molecule has 0 radical (unpaired) electrons. The third-order valence-corrected chi connectivity index (χ3v) is 5.87. The molecule has 0 saturated heterocycles. The van der Waals surface area contributed by atoms with E-state index in [-0.39, 0.29) is 6.54 Å². The van der Waals surface area contributed by atoms with E-state index >= 15 is 0 Å². The van der Waals surface area contributed by atoms with Crippen molar-refractivity contribution in [3.8, 4) is 0 Å². The maximum absolute atomic E-state index is 12.3. The number of nitrogens with zero attached hydrogens (tertiary/aromatic N) is 1. The number of hydrogen-bond donors (Lipinski definition) is 1. The van der Waals surface area contributed by atoms with Gasteiger partial charge < -0.3 is 10.2 Å². The molecule has 0 aliphatic heterocycles. The Bertz CT molecular complexity index is 602. The van der Waals surface area contributed by atoms with Crippen LogP contribution in [0.25, 0.3) is 0 Å².